The Labute approximate surface area is 119 Å². The zero-order valence-electron chi connectivity index (χ0n) is 11.7. The van der Waals surface area contributed by atoms with Gasteiger partial charge in [0.1, 0.15) is 0 Å². The molecule has 0 aromatic heterocycles. The maximum absolute atomic E-state index is 12.6. The van der Waals surface area contributed by atoms with Gasteiger partial charge in [-0.3, -0.25) is 4.79 Å². The van der Waals surface area contributed by atoms with E-state index in [1.807, 2.05) is 60.5 Å². The van der Waals surface area contributed by atoms with E-state index < -0.39 is 0 Å². The third kappa shape index (κ3) is 1.94. The zero-order chi connectivity index (χ0) is 14.1. The molecule has 0 saturated carbocycles. The van der Waals surface area contributed by atoms with Gasteiger partial charge in [0, 0.05) is 7.05 Å². The average Bonchev–Trinajstić information content (AvgIpc) is 2.73. The van der Waals surface area contributed by atoms with Gasteiger partial charge in [-0.1, -0.05) is 60.7 Å². The lowest BCUT2D eigenvalue weighted by molar-refractivity contribution is -0.123. The molecular weight excluding hydrogens is 246 g/mol. The van der Waals surface area contributed by atoms with Crippen LogP contribution in [0.5, 0.6) is 0 Å². The topological polar surface area (TPSA) is 20.3 Å². The molecule has 1 heterocycles. The van der Waals surface area contributed by atoms with Crippen molar-refractivity contribution in [1.29, 1.82) is 0 Å². The van der Waals surface area contributed by atoms with Crippen molar-refractivity contribution >= 4 is 17.1 Å². The minimum absolute atomic E-state index is 0.0973. The van der Waals surface area contributed by atoms with Crippen molar-refractivity contribution in [2.24, 2.45) is 0 Å². The number of nitrogens with zero attached hydrogens (tertiary/aromatic N) is 1. The molecule has 0 aliphatic carbocycles. The summed E-state index contributed by atoms with van der Waals surface area (Å²) < 4.78 is 0. The first-order valence-corrected chi connectivity index (χ1v) is 6.82. The highest BCUT2D eigenvalue weighted by atomic mass is 16.2. The van der Waals surface area contributed by atoms with E-state index in [0.29, 0.717) is 0 Å². The van der Waals surface area contributed by atoms with Crippen LogP contribution in [0.15, 0.2) is 60.7 Å². The first-order valence-electron chi connectivity index (χ1n) is 6.82. The summed E-state index contributed by atoms with van der Waals surface area (Å²) in [6.07, 6.45) is 0. The van der Waals surface area contributed by atoms with E-state index in [1.165, 1.54) is 0 Å². The van der Waals surface area contributed by atoms with E-state index in [-0.39, 0.29) is 11.9 Å². The van der Waals surface area contributed by atoms with E-state index in [2.05, 4.69) is 19.1 Å². The summed E-state index contributed by atoms with van der Waals surface area (Å²) in [6, 6.07) is 20.2. The molecule has 1 atom stereocenters. The molecule has 100 valence electrons. The van der Waals surface area contributed by atoms with Gasteiger partial charge < -0.3 is 4.90 Å². The Bertz CT molecular complexity index is 658. The maximum Gasteiger partial charge on any atom is 0.255 e. The highest BCUT2D eigenvalue weighted by molar-refractivity contribution is 6.30. The highest BCUT2D eigenvalue weighted by Gasteiger charge is 2.35. The molecule has 2 heteroatoms. The number of hydrogen-bond donors (Lipinski definition) is 0. The molecule has 0 fully saturated rings. The lowest BCUT2D eigenvalue weighted by atomic mass is 9.93. The fraction of sp³-hybridized carbons (Fsp3) is 0.167. The number of amides is 1. The van der Waals surface area contributed by atoms with Crippen molar-refractivity contribution in [2.75, 3.05) is 7.05 Å². The smallest absolute Gasteiger partial charge is 0.255 e. The second kappa shape index (κ2) is 4.97. The Balaban J connectivity index is 2.23. The first kappa shape index (κ1) is 12.7. The normalized spacial score (nSPS) is 18.8. The Hall–Kier alpha value is -2.35. The van der Waals surface area contributed by atoms with Crippen LogP contribution in [0.1, 0.15) is 18.1 Å². The molecule has 2 aromatic rings. The minimum Gasteiger partial charge on any atom is -0.335 e. The predicted octanol–water partition coefficient (Wildman–Crippen LogP) is 3.46. The van der Waals surface area contributed by atoms with Crippen molar-refractivity contribution in [3.05, 3.63) is 71.8 Å². The van der Waals surface area contributed by atoms with E-state index in [4.69, 9.17) is 0 Å². The number of hydrogen-bond acceptors (Lipinski definition) is 1. The summed E-state index contributed by atoms with van der Waals surface area (Å²) >= 11 is 0. The molecule has 1 unspecified atom stereocenters. The largest absolute Gasteiger partial charge is 0.335 e. The fourth-order valence-corrected chi connectivity index (χ4v) is 2.76. The molecule has 0 bridgehead atoms. The summed E-state index contributed by atoms with van der Waals surface area (Å²) in [7, 11) is 1.87. The molecule has 2 aromatic carbocycles. The zero-order valence-corrected chi connectivity index (χ0v) is 11.7. The van der Waals surface area contributed by atoms with Gasteiger partial charge in [0.05, 0.1) is 11.6 Å². The monoisotopic (exact) mass is 263 g/mol. The van der Waals surface area contributed by atoms with Crippen molar-refractivity contribution in [3.8, 4) is 0 Å². The van der Waals surface area contributed by atoms with Crippen molar-refractivity contribution in [3.63, 3.8) is 0 Å². The standard InChI is InChI=1S/C18H17NO/c1-13-16(14-9-5-3-6-10-14)17(18(20)19(13)2)15-11-7-4-8-12-15/h3-13H,1-2H3. The molecule has 1 aliphatic rings. The third-order valence-electron chi connectivity index (χ3n) is 3.95. The SMILES string of the molecule is CC1C(c2ccccc2)=C(c2ccccc2)C(=O)N1C. The van der Waals surface area contributed by atoms with Gasteiger partial charge in [-0.2, -0.15) is 0 Å². The minimum atomic E-state index is 0.0973. The maximum atomic E-state index is 12.6. The summed E-state index contributed by atoms with van der Waals surface area (Å²) in [6.45, 7) is 2.08. The molecule has 1 amide bonds. The van der Waals surface area contributed by atoms with E-state index >= 15 is 0 Å². The van der Waals surface area contributed by atoms with Crippen LogP contribution in [0.25, 0.3) is 11.1 Å². The van der Waals surface area contributed by atoms with Crippen molar-refractivity contribution in [1.82, 2.24) is 4.90 Å². The van der Waals surface area contributed by atoms with Gasteiger partial charge in [-0.15, -0.1) is 0 Å². The van der Waals surface area contributed by atoms with Gasteiger partial charge in [-0.25, -0.2) is 0 Å². The Kier molecular flexibility index (Phi) is 3.15. The number of rotatable bonds is 2. The van der Waals surface area contributed by atoms with Gasteiger partial charge in [0.2, 0.25) is 0 Å². The van der Waals surface area contributed by atoms with Crippen LogP contribution in [0, 0.1) is 0 Å². The summed E-state index contributed by atoms with van der Waals surface area (Å²) in [5.41, 5.74) is 4.06. The molecule has 0 radical (unpaired) electrons. The summed E-state index contributed by atoms with van der Waals surface area (Å²) in [5.74, 6) is 0.0996. The average molecular weight is 263 g/mol. The van der Waals surface area contributed by atoms with Crippen LogP contribution in [-0.4, -0.2) is 23.9 Å². The van der Waals surface area contributed by atoms with Crippen LogP contribution < -0.4 is 0 Å². The van der Waals surface area contributed by atoms with Crippen LogP contribution >= 0.6 is 0 Å². The summed E-state index contributed by atoms with van der Waals surface area (Å²) in [5, 5.41) is 0. The number of likely N-dealkylation sites (N-methyl/N-ethyl adjacent to an activating group) is 1. The first-order chi connectivity index (χ1) is 9.70. The van der Waals surface area contributed by atoms with E-state index in [9.17, 15) is 4.79 Å². The van der Waals surface area contributed by atoms with Gasteiger partial charge in [0.25, 0.3) is 5.91 Å². The van der Waals surface area contributed by atoms with Gasteiger partial charge in [-0.05, 0) is 23.6 Å². The van der Waals surface area contributed by atoms with E-state index in [0.717, 1.165) is 22.3 Å². The highest BCUT2D eigenvalue weighted by Crippen LogP contribution is 2.37. The second-order valence-electron chi connectivity index (χ2n) is 5.11. The van der Waals surface area contributed by atoms with Crippen LogP contribution in [0.3, 0.4) is 0 Å². The molecule has 3 rings (SSSR count). The van der Waals surface area contributed by atoms with Crippen molar-refractivity contribution < 1.29 is 4.79 Å². The second-order valence-corrected chi connectivity index (χ2v) is 5.11. The molecular formula is C18H17NO. The fourth-order valence-electron chi connectivity index (χ4n) is 2.76. The Morgan fingerprint density at radius 2 is 1.35 bits per heavy atom. The summed E-state index contributed by atoms with van der Waals surface area (Å²) in [4.78, 5) is 14.4. The number of benzene rings is 2. The van der Waals surface area contributed by atoms with Crippen LogP contribution in [0.2, 0.25) is 0 Å². The van der Waals surface area contributed by atoms with Crippen LogP contribution in [0.4, 0.5) is 0 Å². The number of carbonyl (C=O) groups excluding carboxylic acids is 1. The molecule has 0 saturated heterocycles. The molecule has 0 N–H and O–H groups in total. The van der Waals surface area contributed by atoms with Crippen molar-refractivity contribution in [2.45, 2.75) is 13.0 Å². The predicted molar refractivity (Wildman–Crippen MR) is 81.9 cm³/mol. The molecule has 0 spiro atoms. The third-order valence-corrected chi connectivity index (χ3v) is 3.95. The molecule has 20 heavy (non-hydrogen) atoms. The Morgan fingerprint density at radius 1 is 0.850 bits per heavy atom. The quantitative estimate of drug-likeness (QED) is 0.812. The van der Waals surface area contributed by atoms with E-state index in [1.54, 1.807) is 0 Å². The lowest BCUT2D eigenvalue weighted by Gasteiger charge is -2.18. The van der Waals surface area contributed by atoms with Gasteiger partial charge >= 0.3 is 0 Å². The Morgan fingerprint density at radius 3 is 1.90 bits per heavy atom. The molecule has 2 nitrogen and oxygen atoms in total. The van der Waals surface area contributed by atoms with Crippen LogP contribution in [-0.2, 0) is 4.79 Å². The lowest BCUT2D eigenvalue weighted by Crippen LogP contribution is -2.28. The van der Waals surface area contributed by atoms with Gasteiger partial charge in [0.15, 0.2) is 0 Å². The number of carbonyl (C=O) groups is 1. The molecule has 1 aliphatic heterocycles.